The minimum absolute atomic E-state index is 0.0155. The first-order valence-electron chi connectivity index (χ1n) is 4.84. The molecule has 0 fully saturated rings. The number of fused-ring (bicyclic) bond motifs is 1. The van der Waals surface area contributed by atoms with Crippen LogP contribution in [-0.4, -0.2) is 11.1 Å². The normalized spacial score (nSPS) is 11.8. The summed E-state index contributed by atoms with van der Waals surface area (Å²) in [7, 11) is 0. The second-order valence-corrected chi connectivity index (χ2v) is 4.04. The Labute approximate surface area is 105 Å². The zero-order valence-electron chi connectivity index (χ0n) is 8.75. The van der Waals surface area contributed by atoms with Crippen molar-refractivity contribution in [1.82, 2.24) is 0 Å². The van der Waals surface area contributed by atoms with Gasteiger partial charge < -0.3 is 5.11 Å². The molecule has 18 heavy (non-hydrogen) atoms. The third-order valence-corrected chi connectivity index (χ3v) is 2.80. The summed E-state index contributed by atoms with van der Waals surface area (Å²) in [4.78, 5) is 11.1. The van der Waals surface area contributed by atoms with E-state index < -0.39 is 28.3 Å². The predicted octanol–water partition coefficient (Wildman–Crippen LogP) is 4.21. The highest BCUT2D eigenvalue weighted by Crippen LogP contribution is 2.40. The lowest BCUT2D eigenvalue weighted by Crippen LogP contribution is -2.14. The Hall–Kier alpha value is -1.75. The van der Waals surface area contributed by atoms with Gasteiger partial charge in [-0.3, -0.25) is 0 Å². The lowest BCUT2D eigenvalue weighted by Gasteiger charge is -2.14. The molecule has 0 atom stereocenters. The summed E-state index contributed by atoms with van der Waals surface area (Å²) in [6.07, 6.45) is -4.81. The molecule has 0 aliphatic rings. The number of rotatable bonds is 1. The molecule has 0 bridgehead atoms. The number of benzene rings is 2. The summed E-state index contributed by atoms with van der Waals surface area (Å²) in [6, 6.07) is 7.02. The topological polar surface area (TPSA) is 37.3 Å². The Balaban J connectivity index is 2.97. The maximum Gasteiger partial charge on any atom is 0.418 e. The van der Waals surface area contributed by atoms with E-state index in [1.807, 2.05) is 0 Å². The molecule has 0 radical (unpaired) electrons. The fourth-order valence-electron chi connectivity index (χ4n) is 1.81. The van der Waals surface area contributed by atoms with Gasteiger partial charge in [-0.15, -0.1) is 0 Å². The lowest BCUT2D eigenvalue weighted by molar-refractivity contribution is -0.137. The molecular weight excluding hydrogens is 269 g/mol. The van der Waals surface area contributed by atoms with Gasteiger partial charge in [-0.25, -0.2) is 4.79 Å². The van der Waals surface area contributed by atoms with E-state index in [9.17, 15) is 18.0 Å². The van der Waals surface area contributed by atoms with Crippen LogP contribution in [0.4, 0.5) is 13.2 Å². The van der Waals surface area contributed by atoms with Crippen LogP contribution >= 0.6 is 11.6 Å². The quantitative estimate of drug-likeness (QED) is 0.846. The van der Waals surface area contributed by atoms with Gasteiger partial charge in [-0.1, -0.05) is 35.9 Å². The molecule has 0 aliphatic carbocycles. The number of carboxylic acid groups (broad SMARTS) is 1. The van der Waals surface area contributed by atoms with E-state index in [2.05, 4.69) is 0 Å². The molecule has 0 aliphatic heterocycles. The van der Waals surface area contributed by atoms with E-state index in [4.69, 9.17) is 16.7 Å². The van der Waals surface area contributed by atoms with Gasteiger partial charge in [0.2, 0.25) is 0 Å². The highest BCUT2D eigenvalue weighted by atomic mass is 35.5. The molecule has 2 aromatic carbocycles. The third-order valence-electron chi connectivity index (χ3n) is 2.50. The van der Waals surface area contributed by atoms with Crippen molar-refractivity contribution in [3.05, 3.63) is 46.5 Å². The predicted molar refractivity (Wildman–Crippen MR) is 60.9 cm³/mol. The number of alkyl halides is 3. The number of halogens is 4. The molecule has 2 nitrogen and oxygen atoms in total. The van der Waals surface area contributed by atoms with E-state index in [1.54, 1.807) is 6.07 Å². The summed E-state index contributed by atoms with van der Waals surface area (Å²) in [5.74, 6) is -1.65. The van der Waals surface area contributed by atoms with Gasteiger partial charge >= 0.3 is 12.1 Å². The molecule has 1 N–H and O–H groups in total. The number of hydrogen-bond donors (Lipinski definition) is 1. The summed E-state index contributed by atoms with van der Waals surface area (Å²) in [5.41, 5.74) is -2.12. The van der Waals surface area contributed by atoms with Gasteiger partial charge in [0.1, 0.15) is 0 Å². The zero-order valence-corrected chi connectivity index (χ0v) is 9.51. The maximum atomic E-state index is 12.8. The molecule has 0 aromatic heterocycles. The van der Waals surface area contributed by atoms with Crippen molar-refractivity contribution in [1.29, 1.82) is 0 Å². The lowest BCUT2D eigenvalue weighted by atomic mass is 9.98. The largest absolute Gasteiger partial charge is 0.478 e. The van der Waals surface area contributed by atoms with Crippen molar-refractivity contribution in [2.75, 3.05) is 0 Å². The van der Waals surface area contributed by atoms with Crippen LogP contribution in [0.1, 0.15) is 15.9 Å². The van der Waals surface area contributed by atoms with Crippen molar-refractivity contribution < 1.29 is 23.1 Å². The van der Waals surface area contributed by atoms with E-state index in [-0.39, 0.29) is 5.39 Å². The average Bonchev–Trinajstić information content (AvgIpc) is 2.25. The fraction of sp³-hybridized carbons (Fsp3) is 0.0833. The molecule has 94 valence electrons. The van der Waals surface area contributed by atoms with Crippen LogP contribution in [0, 0.1) is 0 Å². The molecule has 0 amide bonds. The standard InChI is InChI=1S/C12H6ClF3O2/c13-8-5-6-3-1-2-4-7(6)9(11(17)18)10(8)12(14,15)16/h1-5H,(H,17,18). The molecule has 0 heterocycles. The van der Waals surface area contributed by atoms with Gasteiger partial charge in [0.05, 0.1) is 16.1 Å². The van der Waals surface area contributed by atoms with Crippen LogP contribution in [0.5, 0.6) is 0 Å². The molecular formula is C12H6ClF3O2. The van der Waals surface area contributed by atoms with Gasteiger partial charge in [0.25, 0.3) is 0 Å². The van der Waals surface area contributed by atoms with Crippen molar-refractivity contribution in [2.45, 2.75) is 6.18 Å². The SMILES string of the molecule is O=C(O)c1c(C(F)(F)F)c(Cl)cc2ccccc12. The number of carboxylic acids is 1. The van der Waals surface area contributed by atoms with E-state index >= 15 is 0 Å². The van der Waals surface area contributed by atoms with Crippen LogP contribution in [0.3, 0.4) is 0 Å². The first-order valence-corrected chi connectivity index (χ1v) is 5.22. The van der Waals surface area contributed by atoms with Crippen LogP contribution < -0.4 is 0 Å². The Bertz CT molecular complexity index is 635. The maximum absolute atomic E-state index is 12.8. The first-order chi connectivity index (χ1) is 8.32. The van der Waals surface area contributed by atoms with Crippen molar-refractivity contribution in [3.8, 4) is 0 Å². The second-order valence-electron chi connectivity index (χ2n) is 3.63. The van der Waals surface area contributed by atoms with Gasteiger partial charge in [0.15, 0.2) is 0 Å². The minimum atomic E-state index is -4.81. The Morgan fingerprint density at radius 3 is 2.39 bits per heavy atom. The number of hydrogen-bond acceptors (Lipinski definition) is 1. The van der Waals surface area contributed by atoms with Crippen LogP contribution in [0.25, 0.3) is 10.8 Å². The second kappa shape index (κ2) is 4.17. The molecule has 0 saturated carbocycles. The van der Waals surface area contributed by atoms with E-state index in [0.717, 1.165) is 6.07 Å². The fourth-order valence-corrected chi connectivity index (χ4v) is 2.13. The van der Waals surface area contributed by atoms with Crippen molar-refractivity contribution in [3.63, 3.8) is 0 Å². The molecule has 6 heteroatoms. The number of carbonyl (C=O) groups is 1. The molecule has 0 unspecified atom stereocenters. The molecule has 0 saturated heterocycles. The highest BCUT2D eigenvalue weighted by molar-refractivity contribution is 6.33. The van der Waals surface area contributed by atoms with Gasteiger partial charge in [-0.2, -0.15) is 13.2 Å². The minimum Gasteiger partial charge on any atom is -0.478 e. The van der Waals surface area contributed by atoms with E-state index in [1.165, 1.54) is 18.2 Å². The first kappa shape index (κ1) is 12.7. The summed E-state index contributed by atoms with van der Waals surface area (Å²) in [5, 5.41) is 8.75. The Morgan fingerprint density at radius 2 is 1.83 bits per heavy atom. The Morgan fingerprint density at radius 1 is 1.22 bits per heavy atom. The van der Waals surface area contributed by atoms with Gasteiger partial charge in [0, 0.05) is 0 Å². The molecule has 0 spiro atoms. The van der Waals surface area contributed by atoms with Crippen LogP contribution in [0.2, 0.25) is 5.02 Å². The summed E-state index contributed by atoms with van der Waals surface area (Å²) < 4.78 is 38.5. The average molecular weight is 275 g/mol. The molecule has 2 aromatic rings. The number of aromatic carboxylic acids is 1. The summed E-state index contributed by atoms with van der Waals surface area (Å²) in [6.45, 7) is 0. The monoisotopic (exact) mass is 274 g/mol. The van der Waals surface area contributed by atoms with Crippen molar-refractivity contribution >= 4 is 28.3 Å². The van der Waals surface area contributed by atoms with Crippen molar-refractivity contribution in [2.24, 2.45) is 0 Å². The molecule has 2 rings (SSSR count). The highest BCUT2D eigenvalue weighted by Gasteiger charge is 2.38. The van der Waals surface area contributed by atoms with E-state index in [0.29, 0.717) is 5.39 Å². The Kier molecular flexibility index (Phi) is 2.94. The smallest absolute Gasteiger partial charge is 0.418 e. The zero-order chi connectivity index (χ0) is 13.5. The van der Waals surface area contributed by atoms with Crippen LogP contribution in [0.15, 0.2) is 30.3 Å². The van der Waals surface area contributed by atoms with Gasteiger partial charge in [-0.05, 0) is 16.8 Å². The third kappa shape index (κ3) is 2.01. The summed E-state index contributed by atoms with van der Waals surface area (Å²) >= 11 is 5.55. The van der Waals surface area contributed by atoms with Crippen LogP contribution in [-0.2, 0) is 6.18 Å².